The molecule has 3 rings (SSSR count). The van der Waals surface area contributed by atoms with E-state index in [0.29, 0.717) is 18.7 Å². The predicted octanol–water partition coefficient (Wildman–Crippen LogP) is 4.40. The number of methoxy groups -OCH3 is 1. The van der Waals surface area contributed by atoms with Crippen LogP contribution in [0.5, 0.6) is 5.75 Å². The Morgan fingerprint density at radius 2 is 1.45 bits per heavy atom. The van der Waals surface area contributed by atoms with E-state index in [4.69, 9.17) is 4.74 Å². The van der Waals surface area contributed by atoms with Crippen molar-refractivity contribution in [2.45, 2.75) is 45.3 Å². The number of benzene rings is 3. The molecule has 3 aromatic carbocycles. The molecule has 0 fully saturated rings. The minimum atomic E-state index is -0.641. The van der Waals surface area contributed by atoms with E-state index in [9.17, 15) is 9.59 Å². The summed E-state index contributed by atoms with van der Waals surface area (Å²) in [6.07, 6.45) is 0.662. The van der Waals surface area contributed by atoms with Crippen molar-refractivity contribution in [3.05, 3.63) is 102 Å². The minimum absolute atomic E-state index is 0.0290. The van der Waals surface area contributed by atoms with Crippen LogP contribution >= 0.6 is 0 Å². The van der Waals surface area contributed by atoms with E-state index < -0.39 is 6.04 Å². The highest BCUT2D eigenvalue weighted by atomic mass is 16.5. The van der Waals surface area contributed by atoms with Gasteiger partial charge in [-0.3, -0.25) is 9.59 Å². The average Bonchev–Trinajstić information content (AvgIpc) is 2.82. The zero-order chi connectivity index (χ0) is 23.6. The SMILES string of the molecule is COc1cccc(CN(C(=O)Cc2ccccc2)C(Cc2ccccc2)C(=O)NC(C)C)c1. The van der Waals surface area contributed by atoms with Crippen LogP contribution < -0.4 is 10.1 Å². The second-order valence-corrected chi connectivity index (χ2v) is 8.40. The van der Waals surface area contributed by atoms with Crippen LogP contribution in [0.25, 0.3) is 0 Å². The monoisotopic (exact) mass is 444 g/mol. The quantitative estimate of drug-likeness (QED) is 0.504. The van der Waals surface area contributed by atoms with E-state index in [0.717, 1.165) is 16.7 Å². The van der Waals surface area contributed by atoms with Crippen molar-refractivity contribution >= 4 is 11.8 Å². The van der Waals surface area contributed by atoms with Crippen molar-refractivity contribution in [1.29, 1.82) is 0 Å². The fourth-order valence-electron chi connectivity index (χ4n) is 3.77. The van der Waals surface area contributed by atoms with Gasteiger partial charge in [0.25, 0.3) is 0 Å². The molecular formula is C28H32N2O3. The molecule has 3 aromatic rings. The normalized spacial score (nSPS) is 11.6. The van der Waals surface area contributed by atoms with Gasteiger partial charge in [0.2, 0.25) is 11.8 Å². The van der Waals surface area contributed by atoms with Gasteiger partial charge in [0.05, 0.1) is 13.5 Å². The molecule has 0 bridgehead atoms. The van der Waals surface area contributed by atoms with Gasteiger partial charge in [-0.2, -0.15) is 0 Å². The number of amides is 2. The van der Waals surface area contributed by atoms with Crippen LogP contribution in [0.3, 0.4) is 0 Å². The molecule has 5 nitrogen and oxygen atoms in total. The lowest BCUT2D eigenvalue weighted by Gasteiger charge is -2.32. The van der Waals surface area contributed by atoms with Crippen LogP contribution in [0.4, 0.5) is 0 Å². The second-order valence-electron chi connectivity index (χ2n) is 8.40. The maximum Gasteiger partial charge on any atom is 0.243 e. The van der Waals surface area contributed by atoms with Gasteiger partial charge >= 0.3 is 0 Å². The summed E-state index contributed by atoms with van der Waals surface area (Å²) in [7, 11) is 1.62. The summed E-state index contributed by atoms with van der Waals surface area (Å²) < 4.78 is 5.37. The Kier molecular flexibility index (Phi) is 8.64. The van der Waals surface area contributed by atoms with Crippen molar-refractivity contribution in [3.63, 3.8) is 0 Å². The van der Waals surface area contributed by atoms with Gasteiger partial charge < -0.3 is 15.0 Å². The third-order valence-electron chi connectivity index (χ3n) is 5.39. The number of ether oxygens (including phenoxy) is 1. The summed E-state index contributed by atoms with van der Waals surface area (Å²) in [4.78, 5) is 28.6. The van der Waals surface area contributed by atoms with Gasteiger partial charge in [-0.15, -0.1) is 0 Å². The molecule has 0 spiro atoms. The largest absolute Gasteiger partial charge is 0.497 e. The Morgan fingerprint density at radius 1 is 0.848 bits per heavy atom. The van der Waals surface area contributed by atoms with Gasteiger partial charge in [-0.25, -0.2) is 0 Å². The predicted molar refractivity (Wildman–Crippen MR) is 131 cm³/mol. The van der Waals surface area contributed by atoms with Crippen LogP contribution in [0, 0.1) is 0 Å². The molecule has 0 radical (unpaired) electrons. The van der Waals surface area contributed by atoms with E-state index in [-0.39, 0.29) is 24.3 Å². The van der Waals surface area contributed by atoms with E-state index in [2.05, 4.69) is 5.32 Å². The zero-order valence-electron chi connectivity index (χ0n) is 19.5. The number of rotatable bonds is 10. The van der Waals surface area contributed by atoms with Crippen LogP contribution in [-0.2, 0) is 29.0 Å². The fraction of sp³-hybridized carbons (Fsp3) is 0.286. The number of hydrogen-bond acceptors (Lipinski definition) is 3. The second kappa shape index (κ2) is 11.9. The van der Waals surface area contributed by atoms with E-state index in [1.54, 1.807) is 12.0 Å². The molecule has 0 aliphatic heterocycles. The first-order chi connectivity index (χ1) is 16.0. The Hall–Kier alpha value is -3.60. The summed E-state index contributed by atoms with van der Waals surface area (Å²) >= 11 is 0. The topological polar surface area (TPSA) is 58.6 Å². The first-order valence-corrected chi connectivity index (χ1v) is 11.3. The summed E-state index contributed by atoms with van der Waals surface area (Å²) in [5.74, 6) is 0.469. The summed E-state index contributed by atoms with van der Waals surface area (Å²) in [6.45, 7) is 4.16. The Balaban J connectivity index is 1.97. The molecule has 0 heterocycles. The number of carbonyl (C=O) groups is 2. The molecule has 0 saturated carbocycles. The zero-order valence-corrected chi connectivity index (χ0v) is 19.5. The van der Waals surface area contributed by atoms with Crippen molar-refractivity contribution in [1.82, 2.24) is 10.2 Å². The molecule has 5 heteroatoms. The number of nitrogens with zero attached hydrogens (tertiary/aromatic N) is 1. The first-order valence-electron chi connectivity index (χ1n) is 11.3. The van der Waals surface area contributed by atoms with Crippen LogP contribution in [-0.4, -0.2) is 35.9 Å². The van der Waals surface area contributed by atoms with Gasteiger partial charge in [-0.1, -0.05) is 72.8 Å². The maximum atomic E-state index is 13.6. The molecule has 1 N–H and O–H groups in total. The maximum absolute atomic E-state index is 13.6. The highest BCUT2D eigenvalue weighted by molar-refractivity contribution is 5.89. The first kappa shape index (κ1) is 24.1. The van der Waals surface area contributed by atoms with Gasteiger partial charge in [-0.05, 0) is 42.7 Å². The van der Waals surface area contributed by atoms with Gasteiger partial charge in [0.1, 0.15) is 11.8 Å². The fourth-order valence-corrected chi connectivity index (χ4v) is 3.77. The van der Waals surface area contributed by atoms with Crippen molar-refractivity contribution in [2.75, 3.05) is 7.11 Å². The molecule has 2 amide bonds. The third-order valence-corrected chi connectivity index (χ3v) is 5.39. The lowest BCUT2D eigenvalue weighted by molar-refractivity contribution is -0.141. The number of hydrogen-bond donors (Lipinski definition) is 1. The standard InChI is InChI=1S/C28H32N2O3/c1-21(2)29-28(32)26(18-22-11-6-4-7-12-22)30(20-24-15-10-16-25(17-24)33-3)27(31)19-23-13-8-5-9-14-23/h4-17,21,26H,18-20H2,1-3H3,(H,29,32). The van der Waals surface area contributed by atoms with Crippen LogP contribution in [0.15, 0.2) is 84.9 Å². The number of carbonyl (C=O) groups excluding carboxylic acids is 2. The molecule has 0 aliphatic carbocycles. The van der Waals surface area contributed by atoms with E-state index in [1.165, 1.54) is 0 Å². The molecule has 0 aromatic heterocycles. The summed E-state index contributed by atoms with van der Waals surface area (Å²) in [6, 6.07) is 26.4. The summed E-state index contributed by atoms with van der Waals surface area (Å²) in [5.41, 5.74) is 2.83. The minimum Gasteiger partial charge on any atom is -0.497 e. The Labute approximate surface area is 196 Å². The lowest BCUT2D eigenvalue weighted by atomic mass is 10.0. The van der Waals surface area contributed by atoms with E-state index >= 15 is 0 Å². The third kappa shape index (κ3) is 7.21. The summed E-state index contributed by atoms with van der Waals surface area (Å²) in [5, 5.41) is 3.01. The Bertz CT molecular complexity index is 1040. The number of nitrogens with one attached hydrogen (secondary N) is 1. The van der Waals surface area contributed by atoms with Gasteiger partial charge in [0, 0.05) is 19.0 Å². The average molecular weight is 445 g/mol. The molecule has 1 atom stereocenters. The Morgan fingerprint density at radius 3 is 2.06 bits per heavy atom. The van der Waals surface area contributed by atoms with Gasteiger partial charge in [0.15, 0.2) is 0 Å². The lowest BCUT2D eigenvalue weighted by Crippen LogP contribution is -2.52. The van der Waals surface area contributed by atoms with Crippen molar-refractivity contribution < 1.29 is 14.3 Å². The molecule has 33 heavy (non-hydrogen) atoms. The molecule has 172 valence electrons. The molecule has 0 aliphatic rings. The molecule has 1 unspecified atom stereocenters. The molecular weight excluding hydrogens is 412 g/mol. The van der Waals surface area contributed by atoms with E-state index in [1.807, 2.05) is 98.8 Å². The van der Waals surface area contributed by atoms with Crippen molar-refractivity contribution in [3.8, 4) is 5.75 Å². The van der Waals surface area contributed by atoms with Crippen molar-refractivity contribution in [2.24, 2.45) is 0 Å². The van der Waals surface area contributed by atoms with Crippen LogP contribution in [0.1, 0.15) is 30.5 Å². The highest BCUT2D eigenvalue weighted by Gasteiger charge is 2.30. The van der Waals surface area contributed by atoms with Crippen LogP contribution in [0.2, 0.25) is 0 Å². The molecule has 0 saturated heterocycles. The highest BCUT2D eigenvalue weighted by Crippen LogP contribution is 2.19. The smallest absolute Gasteiger partial charge is 0.243 e.